The summed E-state index contributed by atoms with van der Waals surface area (Å²) in [5, 5.41) is 2.92. The topological polar surface area (TPSA) is 63.5 Å². The van der Waals surface area contributed by atoms with Gasteiger partial charge in [0.25, 0.3) is 5.91 Å². The van der Waals surface area contributed by atoms with Crippen LogP contribution in [0, 0.1) is 6.92 Å². The van der Waals surface area contributed by atoms with Crippen LogP contribution in [0.3, 0.4) is 0 Å². The molecule has 1 aromatic carbocycles. The first-order valence-electron chi connectivity index (χ1n) is 7.87. The molecule has 0 radical (unpaired) electrons. The van der Waals surface area contributed by atoms with Gasteiger partial charge in [-0.15, -0.1) is 0 Å². The van der Waals surface area contributed by atoms with E-state index in [1.165, 1.54) is 0 Å². The molecule has 0 fully saturated rings. The molecule has 122 valence electrons. The highest BCUT2D eigenvalue weighted by molar-refractivity contribution is 6.03. The number of para-hydroxylation sites is 1. The molecule has 2 heterocycles. The number of amides is 1. The van der Waals surface area contributed by atoms with Crippen molar-refractivity contribution in [1.82, 2.24) is 9.38 Å². The highest BCUT2D eigenvalue weighted by atomic mass is 16.2. The van der Waals surface area contributed by atoms with Crippen LogP contribution in [0.2, 0.25) is 0 Å². The number of hydrogen-bond acceptors (Lipinski definition) is 3. The molecule has 2 aromatic heterocycles. The minimum Gasteiger partial charge on any atom is -0.320 e. The van der Waals surface area contributed by atoms with Gasteiger partial charge < -0.3 is 10.1 Å². The van der Waals surface area contributed by atoms with Crippen molar-refractivity contribution in [3.8, 4) is 0 Å². The molecule has 1 amide bonds. The van der Waals surface area contributed by atoms with Gasteiger partial charge >= 0.3 is 0 Å². The number of ketones is 1. The summed E-state index contributed by atoms with van der Waals surface area (Å²) in [4.78, 5) is 27.9. The van der Waals surface area contributed by atoms with E-state index in [1.807, 2.05) is 49.5 Å². The highest BCUT2D eigenvalue weighted by Crippen LogP contribution is 2.16. The number of carbonyl (C=O) groups excluding carboxylic acids is 2. The van der Waals surface area contributed by atoms with E-state index in [-0.39, 0.29) is 11.7 Å². The molecule has 5 nitrogen and oxygen atoms in total. The Morgan fingerprint density at radius 2 is 2.00 bits per heavy atom. The monoisotopic (exact) mass is 321 g/mol. The summed E-state index contributed by atoms with van der Waals surface area (Å²) in [6.45, 7) is 3.54. The summed E-state index contributed by atoms with van der Waals surface area (Å²) in [7, 11) is 0. The van der Waals surface area contributed by atoms with Crippen LogP contribution in [0.4, 0.5) is 5.69 Å². The van der Waals surface area contributed by atoms with Gasteiger partial charge in [-0.25, -0.2) is 4.98 Å². The maximum absolute atomic E-state index is 12.5. The summed E-state index contributed by atoms with van der Waals surface area (Å²) >= 11 is 0. The lowest BCUT2D eigenvalue weighted by Gasteiger charge is -2.08. The summed E-state index contributed by atoms with van der Waals surface area (Å²) < 4.78 is 1.75. The lowest BCUT2D eigenvalue weighted by molar-refractivity contribution is -0.116. The molecule has 0 unspecified atom stereocenters. The van der Waals surface area contributed by atoms with Crippen molar-refractivity contribution in [3.05, 3.63) is 65.6 Å². The van der Waals surface area contributed by atoms with Crippen LogP contribution in [0.15, 0.2) is 48.8 Å². The molecule has 0 saturated heterocycles. The molecule has 1 N–H and O–H groups in total. The number of aromatic nitrogens is 2. The van der Waals surface area contributed by atoms with Gasteiger partial charge in [0.2, 0.25) is 0 Å². The molecular weight excluding hydrogens is 302 g/mol. The van der Waals surface area contributed by atoms with Crippen molar-refractivity contribution in [3.63, 3.8) is 0 Å². The highest BCUT2D eigenvalue weighted by Gasteiger charge is 2.13. The van der Waals surface area contributed by atoms with E-state index in [0.29, 0.717) is 24.2 Å². The molecule has 0 bridgehead atoms. The third-order valence-corrected chi connectivity index (χ3v) is 3.97. The second-order valence-corrected chi connectivity index (χ2v) is 5.88. The predicted octanol–water partition coefficient (Wildman–Crippen LogP) is 3.42. The van der Waals surface area contributed by atoms with Gasteiger partial charge in [0.05, 0.1) is 6.20 Å². The zero-order valence-corrected chi connectivity index (χ0v) is 13.7. The number of hydrogen-bond donors (Lipinski definition) is 1. The summed E-state index contributed by atoms with van der Waals surface area (Å²) in [6.07, 6.45) is 4.59. The molecule has 24 heavy (non-hydrogen) atoms. The van der Waals surface area contributed by atoms with E-state index in [4.69, 9.17) is 0 Å². The van der Waals surface area contributed by atoms with E-state index in [9.17, 15) is 9.59 Å². The van der Waals surface area contributed by atoms with Gasteiger partial charge in [0.15, 0.2) is 0 Å². The Labute approximate surface area is 140 Å². The second-order valence-electron chi connectivity index (χ2n) is 5.88. The Hall–Kier alpha value is -2.95. The minimum absolute atomic E-state index is 0.163. The van der Waals surface area contributed by atoms with E-state index >= 15 is 0 Å². The first-order chi connectivity index (χ1) is 11.5. The number of pyridine rings is 1. The first kappa shape index (κ1) is 15.9. The number of rotatable bonds is 5. The second kappa shape index (κ2) is 6.66. The molecular formula is C19H19N3O2. The Bertz CT molecular complexity index is 912. The summed E-state index contributed by atoms with van der Waals surface area (Å²) in [6, 6.07) is 11.5. The molecule has 0 saturated carbocycles. The average Bonchev–Trinajstić information content (AvgIpc) is 2.98. The van der Waals surface area contributed by atoms with Crippen LogP contribution in [-0.4, -0.2) is 21.1 Å². The number of nitrogens with zero attached hydrogens (tertiary/aromatic N) is 2. The number of fused-ring (bicyclic) bond motifs is 1. The largest absolute Gasteiger partial charge is 0.320 e. The number of aryl methyl sites for hydroxylation is 2. The molecule has 0 atom stereocenters. The van der Waals surface area contributed by atoms with E-state index in [1.54, 1.807) is 17.5 Å². The quantitative estimate of drug-likeness (QED) is 0.783. The zero-order chi connectivity index (χ0) is 17.1. The van der Waals surface area contributed by atoms with Crippen molar-refractivity contribution in [2.24, 2.45) is 0 Å². The van der Waals surface area contributed by atoms with E-state index < -0.39 is 0 Å². The predicted molar refractivity (Wildman–Crippen MR) is 93.3 cm³/mol. The Morgan fingerprint density at radius 3 is 2.75 bits per heavy atom. The van der Waals surface area contributed by atoms with Gasteiger partial charge in [0, 0.05) is 18.3 Å². The van der Waals surface area contributed by atoms with Gasteiger partial charge in [-0.05, 0) is 49.6 Å². The fourth-order valence-electron chi connectivity index (χ4n) is 2.57. The van der Waals surface area contributed by atoms with Crippen molar-refractivity contribution in [2.45, 2.75) is 26.7 Å². The number of Topliss-reactive ketones (excluding diaryl/α,β-unsaturated/α-hetero) is 1. The Balaban J connectivity index is 1.83. The fraction of sp³-hybridized carbons (Fsp3) is 0.211. The number of carbonyl (C=O) groups is 2. The molecule has 0 aliphatic rings. The standard InChI is InChI=1S/C19H19N3O2/c1-13-5-3-4-6-16(13)21-19(24)17-12-20-18-11-15(8-7-14(2)23)9-10-22(17)18/h3-6,9-12H,7-8H2,1-2H3,(H,21,24). The maximum atomic E-state index is 12.5. The molecule has 3 rings (SSSR count). The van der Waals surface area contributed by atoms with Gasteiger partial charge in [0.1, 0.15) is 17.1 Å². The lowest BCUT2D eigenvalue weighted by Crippen LogP contribution is -2.15. The number of imidazole rings is 1. The van der Waals surface area contributed by atoms with Crippen LogP contribution in [-0.2, 0) is 11.2 Å². The molecule has 0 aliphatic heterocycles. The lowest BCUT2D eigenvalue weighted by atomic mass is 10.1. The Morgan fingerprint density at radius 1 is 1.21 bits per heavy atom. The van der Waals surface area contributed by atoms with Crippen LogP contribution in [0.1, 0.15) is 35.0 Å². The number of anilines is 1. The van der Waals surface area contributed by atoms with Gasteiger partial charge in [-0.3, -0.25) is 9.20 Å². The molecule has 3 aromatic rings. The third kappa shape index (κ3) is 3.35. The van der Waals surface area contributed by atoms with Crippen molar-refractivity contribution in [1.29, 1.82) is 0 Å². The van der Waals surface area contributed by atoms with Crippen LogP contribution < -0.4 is 5.32 Å². The average molecular weight is 321 g/mol. The van der Waals surface area contributed by atoms with Crippen molar-refractivity contribution < 1.29 is 9.59 Å². The summed E-state index contributed by atoms with van der Waals surface area (Å²) in [5.41, 5.74) is 4.01. The first-order valence-corrected chi connectivity index (χ1v) is 7.87. The fourth-order valence-corrected chi connectivity index (χ4v) is 2.57. The van der Waals surface area contributed by atoms with Crippen LogP contribution in [0.5, 0.6) is 0 Å². The SMILES string of the molecule is CC(=O)CCc1ccn2c(C(=O)Nc3ccccc3C)cnc2c1. The molecule has 0 aliphatic carbocycles. The maximum Gasteiger partial charge on any atom is 0.274 e. The molecule has 0 spiro atoms. The summed E-state index contributed by atoms with van der Waals surface area (Å²) in [5.74, 6) is -0.0372. The van der Waals surface area contributed by atoms with E-state index in [0.717, 1.165) is 16.8 Å². The van der Waals surface area contributed by atoms with Gasteiger partial charge in [-0.1, -0.05) is 18.2 Å². The number of nitrogens with one attached hydrogen (secondary N) is 1. The Kier molecular flexibility index (Phi) is 4.42. The van der Waals surface area contributed by atoms with Crippen LogP contribution in [0.25, 0.3) is 5.65 Å². The van der Waals surface area contributed by atoms with Crippen molar-refractivity contribution >= 4 is 23.0 Å². The smallest absolute Gasteiger partial charge is 0.274 e. The minimum atomic E-state index is -0.201. The van der Waals surface area contributed by atoms with Crippen LogP contribution >= 0.6 is 0 Å². The van der Waals surface area contributed by atoms with Crippen molar-refractivity contribution in [2.75, 3.05) is 5.32 Å². The van der Waals surface area contributed by atoms with Gasteiger partial charge in [-0.2, -0.15) is 0 Å². The zero-order valence-electron chi connectivity index (χ0n) is 13.7. The normalized spacial score (nSPS) is 10.8. The number of benzene rings is 1. The van der Waals surface area contributed by atoms with E-state index in [2.05, 4.69) is 10.3 Å². The third-order valence-electron chi connectivity index (χ3n) is 3.97. The molecule has 5 heteroatoms.